The molecule has 0 aromatic rings. The van der Waals surface area contributed by atoms with Crippen LogP contribution < -0.4 is 10.6 Å². The molecular formula is C12H21N3O5. The van der Waals surface area contributed by atoms with Crippen LogP contribution in [0.1, 0.15) is 19.8 Å². The van der Waals surface area contributed by atoms with Crippen molar-refractivity contribution in [3.63, 3.8) is 0 Å². The molecule has 114 valence electrons. The number of ether oxygens (including phenoxy) is 1. The van der Waals surface area contributed by atoms with E-state index in [0.717, 1.165) is 6.42 Å². The molecule has 8 heteroatoms. The molecule has 0 saturated carbocycles. The number of carbonyl (C=O) groups excluding carboxylic acids is 2. The third kappa shape index (κ3) is 5.04. The Bertz CT molecular complexity index is 361. The van der Waals surface area contributed by atoms with Crippen molar-refractivity contribution in [2.24, 2.45) is 0 Å². The molecule has 0 aliphatic carbocycles. The monoisotopic (exact) mass is 287 g/mol. The van der Waals surface area contributed by atoms with Gasteiger partial charge in [-0.1, -0.05) is 6.92 Å². The van der Waals surface area contributed by atoms with Gasteiger partial charge < -0.3 is 25.4 Å². The topological polar surface area (TPSA) is 108 Å². The average Bonchev–Trinajstić information content (AvgIpc) is 2.44. The van der Waals surface area contributed by atoms with Gasteiger partial charge in [-0.2, -0.15) is 0 Å². The van der Waals surface area contributed by atoms with Crippen molar-refractivity contribution in [2.75, 3.05) is 32.8 Å². The van der Waals surface area contributed by atoms with E-state index in [2.05, 4.69) is 10.6 Å². The number of nitrogens with zero attached hydrogens (tertiary/aromatic N) is 1. The molecule has 1 fully saturated rings. The number of hydrogen-bond donors (Lipinski definition) is 3. The number of carboxylic acid groups (broad SMARTS) is 1. The van der Waals surface area contributed by atoms with Gasteiger partial charge in [0.25, 0.3) is 0 Å². The van der Waals surface area contributed by atoms with Gasteiger partial charge in [-0.15, -0.1) is 0 Å². The highest BCUT2D eigenvalue weighted by molar-refractivity contribution is 5.83. The zero-order valence-electron chi connectivity index (χ0n) is 11.6. The Morgan fingerprint density at radius 2 is 2.05 bits per heavy atom. The van der Waals surface area contributed by atoms with Gasteiger partial charge in [0.05, 0.1) is 13.2 Å². The summed E-state index contributed by atoms with van der Waals surface area (Å²) in [7, 11) is 0. The number of morpholine rings is 1. The summed E-state index contributed by atoms with van der Waals surface area (Å²) in [5.41, 5.74) is 0. The summed E-state index contributed by atoms with van der Waals surface area (Å²) >= 11 is 0. The second-order valence-corrected chi connectivity index (χ2v) is 4.45. The summed E-state index contributed by atoms with van der Waals surface area (Å²) in [6, 6.07) is -1.46. The maximum Gasteiger partial charge on any atom is 0.328 e. The molecule has 8 nitrogen and oxygen atoms in total. The van der Waals surface area contributed by atoms with Gasteiger partial charge in [-0.05, 0) is 6.42 Å². The first-order valence-corrected chi connectivity index (χ1v) is 6.68. The molecule has 3 amide bonds. The minimum Gasteiger partial charge on any atom is -0.480 e. The predicted octanol–water partition coefficient (Wildman–Crippen LogP) is -0.602. The van der Waals surface area contributed by atoms with E-state index < -0.39 is 18.0 Å². The van der Waals surface area contributed by atoms with Crippen molar-refractivity contribution >= 4 is 17.9 Å². The molecule has 0 aromatic heterocycles. The molecule has 0 spiro atoms. The molecule has 1 aliphatic rings. The SMILES string of the molecule is CCCNC(=O)CCNC(=O)N1CCOCC1C(=O)O. The van der Waals surface area contributed by atoms with E-state index in [1.807, 2.05) is 6.92 Å². The minimum absolute atomic E-state index is 0.0141. The number of aliphatic carboxylic acids is 1. The number of nitrogens with one attached hydrogen (secondary N) is 2. The molecule has 20 heavy (non-hydrogen) atoms. The fraction of sp³-hybridized carbons (Fsp3) is 0.750. The molecule has 0 aromatic carbocycles. The first-order valence-electron chi connectivity index (χ1n) is 6.68. The Morgan fingerprint density at radius 3 is 2.70 bits per heavy atom. The number of hydrogen-bond acceptors (Lipinski definition) is 4. The number of rotatable bonds is 6. The van der Waals surface area contributed by atoms with Crippen molar-refractivity contribution in [1.82, 2.24) is 15.5 Å². The lowest BCUT2D eigenvalue weighted by atomic mass is 10.2. The zero-order chi connectivity index (χ0) is 15.0. The van der Waals surface area contributed by atoms with Crippen LogP contribution in [0.4, 0.5) is 4.79 Å². The smallest absolute Gasteiger partial charge is 0.328 e. The van der Waals surface area contributed by atoms with Gasteiger partial charge in [0.15, 0.2) is 6.04 Å². The summed E-state index contributed by atoms with van der Waals surface area (Å²) < 4.78 is 5.04. The van der Waals surface area contributed by atoms with Crippen molar-refractivity contribution in [1.29, 1.82) is 0 Å². The van der Waals surface area contributed by atoms with Crippen LogP contribution >= 0.6 is 0 Å². The number of amides is 3. The molecule has 1 rings (SSSR count). The van der Waals surface area contributed by atoms with Gasteiger partial charge in [0, 0.05) is 26.1 Å². The molecule has 1 aliphatic heterocycles. The van der Waals surface area contributed by atoms with Crippen LogP contribution in [0.15, 0.2) is 0 Å². The van der Waals surface area contributed by atoms with Gasteiger partial charge in [-0.3, -0.25) is 4.79 Å². The summed E-state index contributed by atoms with van der Waals surface area (Å²) in [5.74, 6) is -1.23. The normalized spacial score (nSPS) is 18.4. The highest BCUT2D eigenvalue weighted by Crippen LogP contribution is 2.07. The molecule has 1 unspecified atom stereocenters. The van der Waals surface area contributed by atoms with Crippen LogP contribution in [-0.2, 0) is 14.3 Å². The van der Waals surface area contributed by atoms with Crippen LogP contribution in [0.2, 0.25) is 0 Å². The molecule has 0 bridgehead atoms. The van der Waals surface area contributed by atoms with Crippen LogP contribution in [0.3, 0.4) is 0 Å². The first kappa shape index (κ1) is 16.2. The second kappa shape index (κ2) is 8.36. The van der Waals surface area contributed by atoms with Crippen molar-refractivity contribution in [3.05, 3.63) is 0 Å². The lowest BCUT2D eigenvalue weighted by Gasteiger charge is -2.32. The van der Waals surface area contributed by atoms with Crippen molar-refractivity contribution in [2.45, 2.75) is 25.8 Å². The van der Waals surface area contributed by atoms with E-state index in [-0.39, 0.29) is 32.0 Å². The van der Waals surface area contributed by atoms with Gasteiger partial charge in [-0.25, -0.2) is 9.59 Å². The Hall–Kier alpha value is -1.83. The zero-order valence-corrected chi connectivity index (χ0v) is 11.6. The van der Waals surface area contributed by atoms with Crippen LogP contribution in [0.5, 0.6) is 0 Å². The number of carboxylic acids is 1. The highest BCUT2D eigenvalue weighted by Gasteiger charge is 2.32. The molecule has 3 N–H and O–H groups in total. The van der Waals surface area contributed by atoms with E-state index in [9.17, 15) is 14.4 Å². The van der Waals surface area contributed by atoms with E-state index >= 15 is 0 Å². The Kier molecular flexibility index (Phi) is 6.78. The van der Waals surface area contributed by atoms with Crippen molar-refractivity contribution in [3.8, 4) is 0 Å². The summed E-state index contributed by atoms with van der Waals surface area (Å²) in [6.45, 7) is 3.26. The average molecular weight is 287 g/mol. The lowest BCUT2D eigenvalue weighted by Crippen LogP contribution is -2.55. The standard InChI is InChI=1S/C12H21N3O5/c1-2-4-13-10(16)3-5-14-12(19)15-6-7-20-8-9(15)11(17)18/h9H,2-8H2,1H3,(H,13,16)(H,14,19)(H,17,18). The van der Waals surface area contributed by atoms with Gasteiger partial charge in [0.2, 0.25) is 5.91 Å². The molecule has 1 saturated heterocycles. The second-order valence-electron chi connectivity index (χ2n) is 4.45. The van der Waals surface area contributed by atoms with Gasteiger partial charge >= 0.3 is 12.0 Å². The summed E-state index contributed by atoms with van der Waals surface area (Å²) in [6.07, 6.45) is 1.03. The molecule has 1 heterocycles. The summed E-state index contributed by atoms with van der Waals surface area (Å²) in [5, 5.41) is 14.2. The predicted molar refractivity (Wildman–Crippen MR) is 70.3 cm³/mol. The quantitative estimate of drug-likeness (QED) is 0.604. The highest BCUT2D eigenvalue weighted by atomic mass is 16.5. The Morgan fingerprint density at radius 1 is 1.30 bits per heavy atom. The fourth-order valence-corrected chi connectivity index (χ4v) is 1.79. The lowest BCUT2D eigenvalue weighted by molar-refractivity contribution is -0.147. The Labute approximate surface area is 117 Å². The number of urea groups is 1. The number of carbonyl (C=O) groups is 3. The maximum absolute atomic E-state index is 11.9. The minimum atomic E-state index is -1.10. The van der Waals surface area contributed by atoms with Gasteiger partial charge in [0.1, 0.15) is 0 Å². The molecular weight excluding hydrogens is 266 g/mol. The fourth-order valence-electron chi connectivity index (χ4n) is 1.79. The van der Waals surface area contributed by atoms with Crippen LogP contribution in [0.25, 0.3) is 0 Å². The largest absolute Gasteiger partial charge is 0.480 e. The molecule has 0 radical (unpaired) electrons. The Balaban J connectivity index is 2.33. The van der Waals surface area contributed by atoms with E-state index in [1.165, 1.54) is 4.90 Å². The molecule has 1 atom stereocenters. The first-order chi connectivity index (χ1) is 9.56. The maximum atomic E-state index is 11.9. The van der Waals surface area contributed by atoms with E-state index in [0.29, 0.717) is 13.2 Å². The third-order valence-corrected chi connectivity index (χ3v) is 2.87. The van der Waals surface area contributed by atoms with Crippen molar-refractivity contribution < 1.29 is 24.2 Å². The van der Waals surface area contributed by atoms with Crippen LogP contribution in [0, 0.1) is 0 Å². The summed E-state index contributed by atoms with van der Waals surface area (Å²) in [4.78, 5) is 35.4. The third-order valence-electron chi connectivity index (χ3n) is 2.87. The van der Waals surface area contributed by atoms with E-state index in [1.54, 1.807) is 0 Å². The van der Waals surface area contributed by atoms with E-state index in [4.69, 9.17) is 9.84 Å². The van der Waals surface area contributed by atoms with Crippen LogP contribution in [-0.4, -0.2) is 66.8 Å².